The first kappa shape index (κ1) is 15.6. The highest BCUT2D eigenvalue weighted by Gasteiger charge is 2.38. The number of aromatic nitrogens is 1. The van der Waals surface area contributed by atoms with E-state index in [0.29, 0.717) is 17.2 Å². The van der Waals surface area contributed by atoms with Gasteiger partial charge in [-0.2, -0.15) is 0 Å². The maximum absolute atomic E-state index is 11.1. The second-order valence-corrected chi connectivity index (χ2v) is 5.83. The number of carbonyl (C=O) groups is 2. The van der Waals surface area contributed by atoms with Gasteiger partial charge < -0.3 is 31.5 Å². The zero-order chi connectivity index (χ0) is 15.7. The fraction of sp³-hybridized carbons (Fsp3) is 0.545. The maximum atomic E-state index is 11.1. The van der Waals surface area contributed by atoms with Crippen LogP contribution in [0.25, 0.3) is 0 Å². The number of nitrogens with zero attached hydrogens (tertiary/aromatic N) is 1. The van der Waals surface area contributed by atoms with E-state index in [1.165, 1.54) is 11.3 Å². The van der Waals surface area contributed by atoms with Gasteiger partial charge >= 0.3 is 11.9 Å². The number of anilines is 1. The fourth-order valence-electron chi connectivity index (χ4n) is 2.14. The van der Waals surface area contributed by atoms with E-state index in [1.54, 1.807) is 0 Å². The van der Waals surface area contributed by atoms with Gasteiger partial charge in [-0.3, -0.25) is 0 Å². The Bertz CT molecular complexity index is 562. The fourth-order valence-corrected chi connectivity index (χ4v) is 3.08. The molecule has 7 N–H and O–H groups in total. The standard InChI is InChI=1S/C11H15N3O6S/c12-3-1-6-4(14-11(13)21-6)2-5(3)20-8(10(18)19)7(15)9(16)17/h3,5,7-8,15H,1-2,12H2,(H2,13,14)(H,16,17)(H,18,19). The third kappa shape index (κ3) is 3.29. The lowest BCUT2D eigenvalue weighted by Gasteiger charge is -2.30. The molecule has 21 heavy (non-hydrogen) atoms. The van der Waals surface area contributed by atoms with Crippen LogP contribution in [-0.4, -0.2) is 56.6 Å². The number of nitrogen functional groups attached to an aromatic ring is 1. The highest BCUT2D eigenvalue weighted by molar-refractivity contribution is 7.15. The lowest BCUT2D eigenvalue weighted by Crippen LogP contribution is -2.50. The first-order chi connectivity index (χ1) is 9.79. The Hall–Kier alpha value is -1.75. The molecule has 1 aromatic rings. The molecule has 0 fully saturated rings. The van der Waals surface area contributed by atoms with Crippen LogP contribution in [0.5, 0.6) is 0 Å². The van der Waals surface area contributed by atoms with E-state index in [9.17, 15) is 14.7 Å². The van der Waals surface area contributed by atoms with E-state index in [0.717, 1.165) is 4.88 Å². The number of ether oxygens (including phenoxy) is 1. The van der Waals surface area contributed by atoms with Gasteiger partial charge in [0.25, 0.3) is 0 Å². The van der Waals surface area contributed by atoms with E-state index in [1.807, 2.05) is 0 Å². The molecule has 10 heteroatoms. The van der Waals surface area contributed by atoms with Crippen molar-refractivity contribution in [2.45, 2.75) is 37.2 Å². The molecule has 0 aliphatic heterocycles. The molecular formula is C11H15N3O6S. The molecule has 0 saturated carbocycles. The first-order valence-corrected chi connectivity index (χ1v) is 6.90. The zero-order valence-electron chi connectivity index (χ0n) is 10.8. The average Bonchev–Trinajstić information content (AvgIpc) is 2.73. The van der Waals surface area contributed by atoms with Crippen LogP contribution in [0.1, 0.15) is 10.6 Å². The number of fused-ring (bicyclic) bond motifs is 1. The molecule has 1 heterocycles. The summed E-state index contributed by atoms with van der Waals surface area (Å²) in [5, 5.41) is 27.5. The van der Waals surface area contributed by atoms with Crippen LogP contribution in [0.4, 0.5) is 5.13 Å². The van der Waals surface area contributed by atoms with Crippen LogP contribution in [-0.2, 0) is 27.2 Å². The van der Waals surface area contributed by atoms with E-state index < -0.39 is 36.3 Å². The minimum absolute atomic E-state index is 0.223. The Morgan fingerprint density at radius 2 is 2.00 bits per heavy atom. The van der Waals surface area contributed by atoms with Crippen LogP contribution in [0.3, 0.4) is 0 Å². The van der Waals surface area contributed by atoms with Crippen LogP contribution < -0.4 is 11.5 Å². The number of aliphatic carboxylic acids is 2. The lowest BCUT2D eigenvalue weighted by molar-refractivity contribution is -0.177. The molecule has 0 saturated heterocycles. The van der Waals surface area contributed by atoms with Crippen molar-refractivity contribution in [1.29, 1.82) is 0 Å². The van der Waals surface area contributed by atoms with Crippen molar-refractivity contribution in [3.05, 3.63) is 10.6 Å². The van der Waals surface area contributed by atoms with E-state index in [-0.39, 0.29) is 6.42 Å². The number of carboxylic acid groups (broad SMARTS) is 2. The monoisotopic (exact) mass is 317 g/mol. The van der Waals surface area contributed by atoms with Crippen molar-refractivity contribution in [3.63, 3.8) is 0 Å². The molecular weight excluding hydrogens is 302 g/mol. The quantitative estimate of drug-likeness (QED) is 0.430. The largest absolute Gasteiger partial charge is 0.479 e. The highest BCUT2D eigenvalue weighted by atomic mass is 32.1. The number of hydrogen-bond donors (Lipinski definition) is 5. The number of rotatable bonds is 5. The Labute approximate surface area is 123 Å². The molecule has 116 valence electrons. The third-order valence-electron chi connectivity index (χ3n) is 3.19. The van der Waals surface area contributed by atoms with Gasteiger partial charge in [0.2, 0.25) is 0 Å². The summed E-state index contributed by atoms with van der Waals surface area (Å²) in [5.41, 5.74) is 12.2. The molecule has 0 radical (unpaired) electrons. The molecule has 4 unspecified atom stereocenters. The van der Waals surface area contributed by atoms with Crippen molar-refractivity contribution in [2.75, 3.05) is 5.73 Å². The summed E-state index contributed by atoms with van der Waals surface area (Å²) < 4.78 is 5.22. The van der Waals surface area contributed by atoms with E-state index >= 15 is 0 Å². The molecule has 0 spiro atoms. The van der Waals surface area contributed by atoms with Gasteiger partial charge in [-0.05, 0) is 0 Å². The number of thiazole rings is 1. The van der Waals surface area contributed by atoms with Crippen LogP contribution >= 0.6 is 11.3 Å². The predicted molar refractivity (Wildman–Crippen MR) is 71.8 cm³/mol. The molecule has 1 aliphatic carbocycles. The summed E-state index contributed by atoms with van der Waals surface area (Å²) in [4.78, 5) is 26.8. The normalized spacial score (nSPS) is 24.1. The highest BCUT2D eigenvalue weighted by Crippen LogP contribution is 2.29. The predicted octanol–water partition coefficient (Wildman–Crippen LogP) is -1.56. The van der Waals surface area contributed by atoms with Gasteiger partial charge in [-0.15, -0.1) is 11.3 Å². The molecule has 2 rings (SSSR count). The topological polar surface area (TPSA) is 169 Å². The molecule has 9 nitrogen and oxygen atoms in total. The van der Waals surface area contributed by atoms with Gasteiger partial charge in [0.05, 0.1) is 11.8 Å². The van der Waals surface area contributed by atoms with Gasteiger partial charge in [0.15, 0.2) is 17.3 Å². The van der Waals surface area contributed by atoms with Crippen molar-refractivity contribution in [2.24, 2.45) is 5.73 Å². The molecule has 4 atom stereocenters. The van der Waals surface area contributed by atoms with Crippen LogP contribution in [0, 0.1) is 0 Å². The summed E-state index contributed by atoms with van der Waals surface area (Å²) in [6.07, 6.45) is -4.19. The SMILES string of the molecule is Nc1nc2c(s1)CC(N)C(OC(C(=O)O)C(O)C(=O)O)C2. The number of aliphatic hydroxyl groups is 1. The lowest BCUT2D eigenvalue weighted by atomic mass is 9.95. The second-order valence-electron chi connectivity index (χ2n) is 4.71. The number of nitrogens with two attached hydrogens (primary N) is 2. The van der Waals surface area contributed by atoms with Crippen molar-refractivity contribution < 1.29 is 29.6 Å². The molecule has 0 aromatic carbocycles. The third-order valence-corrected chi connectivity index (χ3v) is 4.14. The molecule has 1 aliphatic rings. The minimum atomic E-state index is -2.17. The summed E-state index contributed by atoms with van der Waals surface area (Å²) in [5.74, 6) is -3.24. The second kappa shape index (κ2) is 5.93. The van der Waals surface area contributed by atoms with Gasteiger partial charge in [-0.1, -0.05) is 0 Å². The van der Waals surface area contributed by atoms with Gasteiger partial charge in [0, 0.05) is 23.8 Å². The molecule has 1 aromatic heterocycles. The van der Waals surface area contributed by atoms with E-state index in [2.05, 4.69) is 4.98 Å². The van der Waals surface area contributed by atoms with Crippen molar-refractivity contribution in [3.8, 4) is 0 Å². The number of aliphatic hydroxyl groups excluding tert-OH is 1. The molecule has 0 bridgehead atoms. The summed E-state index contributed by atoms with van der Waals surface area (Å²) in [6, 6.07) is -0.528. The Morgan fingerprint density at radius 1 is 1.33 bits per heavy atom. The van der Waals surface area contributed by atoms with Crippen molar-refractivity contribution >= 4 is 28.4 Å². The summed E-state index contributed by atoms with van der Waals surface area (Å²) in [6.45, 7) is 0. The minimum Gasteiger partial charge on any atom is -0.479 e. The summed E-state index contributed by atoms with van der Waals surface area (Å²) in [7, 11) is 0. The zero-order valence-corrected chi connectivity index (χ0v) is 11.6. The smallest absolute Gasteiger partial charge is 0.336 e. The Kier molecular flexibility index (Phi) is 4.42. The van der Waals surface area contributed by atoms with E-state index in [4.69, 9.17) is 26.4 Å². The molecule has 0 amide bonds. The van der Waals surface area contributed by atoms with Gasteiger partial charge in [-0.25, -0.2) is 14.6 Å². The van der Waals surface area contributed by atoms with Crippen LogP contribution in [0.15, 0.2) is 0 Å². The van der Waals surface area contributed by atoms with Gasteiger partial charge in [0.1, 0.15) is 0 Å². The first-order valence-electron chi connectivity index (χ1n) is 6.08. The number of hydrogen-bond acceptors (Lipinski definition) is 8. The summed E-state index contributed by atoms with van der Waals surface area (Å²) >= 11 is 1.30. The Morgan fingerprint density at radius 3 is 2.57 bits per heavy atom. The van der Waals surface area contributed by atoms with Crippen molar-refractivity contribution in [1.82, 2.24) is 4.98 Å². The van der Waals surface area contributed by atoms with Crippen LogP contribution in [0.2, 0.25) is 0 Å². The Balaban J connectivity index is 2.14. The number of carboxylic acids is 2. The average molecular weight is 317 g/mol. The maximum Gasteiger partial charge on any atom is 0.336 e.